The van der Waals surface area contributed by atoms with E-state index in [0.717, 1.165) is 4.90 Å². The van der Waals surface area contributed by atoms with Crippen LogP contribution in [-0.4, -0.2) is 23.5 Å². The Morgan fingerprint density at radius 1 is 1.69 bits per heavy atom. The summed E-state index contributed by atoms with van der Waals surface area (Å²) in [7, 11) is 0. The average molecular weight is 220 g/mol. The normalized spacial score (nSPS) is 10.2. The molecule has 0 saturated carbocycles. The number of thiophene rings is 1. The van der Waals surface area contributed by atoms with Crippen molar-refractivity contribution in [2.24, 2.45) is 0 Å². The summed E-state index contributed by atoms with van der Waals surface area (Å²) in [5.74, 6) is -0.200. The van der Waals surface area contributed by atoms with Gasteiger partial charge in [0.1, 0.15) is 4.88 Å². The number of rotatable bonds is 5. The van der Waals surface area contributed by atoms with Crippen LogP contribution in [0.25, 0.3) is 0 Å². The van der Waals surface area contributed by atoms with Gasteiger partial charge in [-0.25, -0.2) is 4.79 Å². The van der Waals surface area contributed by atoms with Crippen LogP contribution in [0, 0.1) is 0 Å². The number of carboxylic acids is 1. The Kier molecular flexibility index (Phi) is 4.24. The van der Waals surface area contributed by atoms with Crippen LogP contribution in [0.3, 0.4) is 0 Å². The van der Waals surface area contributed by atoms with Crippen molar-refractivity contribution in [1.29, 1.82) is 0 Å². The van der Waals surface area contributed by atoms with Crippen LogP contribution in [0.1, 0.15) is 16.1 Å². The zero-order valence-electron chi connectivity index (χ0n) is 6.83. The molecular weight excluding hydrogens is 211 g/mol. The molecule has 0 unspecified atom stereocenters. The van der Waals surface area contributed by atoms with Crippen LogP contribution in [0.4, 0.5) is 4.39 Å². The van der Waals surface area contributed by atoms with E-state index < -0.39 is 5.97 Å². The van der Waals surface area contributed by atoms with Gasteiger partial charge in [-0.15, -0.1) is 23.1 Å². The molecule has 2 nitrogen and oxygen atoms in total. The summed E-state index contributed by atoms with van der Waals surface area (Å²) in [4.78, 5) is 11.7. The number of halogens is 1. The Bertz CT molecular complexity index is 285. The maximum absolute atomic E-state index is 11.7. The summed E-state index contributed by atoms with van der Waals surface area (Å²) < 4.78 is 11.7. The van der Waals surface area contributed by atoms with Crippen molar-refractivity contribution in [3.05, 3.63) is 16.3 Å². The first-order valence-corrected chi connectivity index (χ1v) is 5.61. The monoisotopic (exact) mass is 220 g/mol. The predicted molar refractivity (Wildman–Crippen MR) is 52.6 cm³/mol. The summed E-state index contributed by atoms with van der Waals surface area (Å²) in [5, 5.41) is 10.4. The Balaban J connectivity index is 2.44. The van der Waals surface area contributed by atoms with Crippen molar-refractivity contribution in [1.82, 2.24) is 0 Å². The summed E-state index contributed by atoms with van der Waals surface area (Å²) in [5.41, 5.74) is 0. The van der Waals surface area contributed by atoms with Gasteiger partial charge in [-0.1, -0.05) is 0 Å². The second kappa shape index (κ2) is 5.24. The average Bonchev–Trinajstić information content (AvgIpc) is 2.53. The van der Waals surface area contributed by atoms with Crippen LogP contribution in [0.15, 0.2) is 16.3 Å². The smallest absolute Gasteiger partial charge is 0.345 e. The molecule has 0 aromatic carbocycles. The van der Waals surface area contributed by atoms with Gasteiger partial charge in [0.25, 0.3) is 0 Å². The summed E-state index contributed by atoms with van der Waals surface area (Å²) in [6.45, 7) is -0.317. The van der Waals surface area contributed by atoms with Crippen molar-refractivity contribution >= 4 is 29.1 Å². The summed E-state index contributed by atoms with van der Waals surface area (Å²) >= 11 is 2.69. The van der Waals surface area contributed by atoms with Gasteiger partial charge in [-0.3, -0.25) is 4.39 Å². The van der Waals surface area contributed by atoms with Crippen LogP contribution in [0.2, 0.25) is 0 Å². The van der Waals surface area contributed by atoms with Crippen molar-refractivity contribution < 1.29 is 14.3 Å². The molecule has 0 bridgehead atoms. The van der Waals surface area contributed by atoms with Crippen LogP contribution in [-0.2, 0) is 0 Å². The minimum Gasteiger partial charge on any atom is -0.477 e. The fourth-order valence-electron chi connectivity index (χ4n) is 0.751. The van der Waals surface area contributed by atoms with Gasteiger partial charge in [-0.05, 0) is 12.5 Å². The lowest BCUT2D eigenvalue weighted by Crippen LogP contribution is -1.89. The van der Waals surface area contributed by atoms with Gasteiger partial charge >= 0.3 is 5.97 Å². The van der Waals surface area contributed by atoms with Crippen LogP contribution in [0.5, 0.6) is 0 Å². The molecule has 0 aliphatic rings. The molecule has 5 heteroatoms. The Morgan fingerprint density at radius 2 is 2.46 bits per heavy atom. The van der Waals surface area contributed by atoms with Gasteiger partial charge in [0.2, 0.25) is 0 Å². The highest BCUT2D eigenvalue weighted by atomic mass is 32.2. The van der Waals surface area contributed by atoms with E-state index in [0.29, 0.717) is 17.1 Å². The predicted octanol–water partition coefficient (Wildman–Crippen LogP) is 2.90. The van der Waals surface area contributed by atoms with E-state index >= 15 is 0 Å². The number of hydrogen-bond acceptors (Lipinski definition) is 3. The molecule has 1 rings (SSSR count). The number of aromatic carboxylic acids is 1. The highest BCUT2D eigenvalue weighted by molar-refractivity contribution is 7.99. The summed E-state index contributed by atoms with van der Waals surface area (Å²) in [6, 6.07) is 1.62. The molecule has 72 valence electrons. The second-order valence-electron chi connectivity index (χ2n) is 2.34. The largest absolute Gasteiger partial charge is 0.477 e. The minimum atomic E-state index is -0.901. The van der Waals surface area contributed by atoms with E-state index in [9.17, 15) is 9.18 Å². The topological polar surface area (TPSA) is 37.3 Å². The van der Waals surface area contributed by atoms with Gasteiger partial charge in [0, 0.05) is 16.0 Å². The molecule has 1 N–H and O–H groups in total. The van der Waals surface area contributed by atoms with E-state index in [1.807, 2.05) is 0 Å². The lowest BCUT2D eigenvalue weighted by Gasteiger charge is -1.93. The highest BCUT2D eigenvalue weighted by Crippen LogP contribution is 2.25. The quantitative estimate of drug-likeness (QED) is 0.612. The maximum atomic E-state index is 11.7. The molecule has 0 amide bonds. The summed E-state index contributed by atoms with van der Waals surface area (Å²) in [6.07, 6.45) is 0.517. The van der Waals surface area contributed by atoms with Gasteiger partial charge < -0.3 is 5.11 Å². The first kappa shape index (κ1) is 10.5. The minimum absolute atomic E-state index is 0.317. The van der Waals surface area contributed by atoms with E-state index in [-0.39, 0.29) is 6.67 Å². The van der Waals surface area contributed by atoms with Crippen LogP contribution < -0.4 is 0 Å². The molecule has 0 radical (unpaired) electrons. The molecule has 0 aliphatic heterocycles. The van der Waals surface area contributed by atoms with Crippen molar-refractivity contribution in [3.63, 3.8) is 0 Å². The van der Waals surface area contributed by atoms with E-state index in [2.05, 4.69) is 0 Å². The highest BCUT2D eigenvalue weighted by Gasteiger charge is 2.06. The van der Waals surface area contributed by atoms with E-state index in [4.69, 9.17) is 5.11 Å². The standard InChI is InChI=1S/C8H9FO2S2/c9-2-1-3-12-6-4-7(8(10)11)13-5-6/h4-5H,1-3H2,(H,10,11). The number of carbonyl (C=O) groups is 1. The van der Waals surface area contributed by atoms with Crippen LogP contribution >= 0.6 is 23.1 Å². The fraction of sp³-hybridized carbons (Fsp3) is 0.375. The molecule has 0 aliphatic carbocycles. The van der Waals surface area contributed by atoms with E-state index in [1.54, 1.807) is 11.4 Å². The number of thioether (sulfide) groups is 1. The first-order chi connectivity index (χ1) is 6.24. The third-order valence-electron chi connectivity index (χ3n) is 1.33. The second-order valence-corrected chi connectivity index (χ2v) is 4.42. The third-order valence-corrected chi connectivity index (χ3v) is 3.46. The molecular formula is C8H9FO2S2. The zero-order valence-corrected chi connectivity index (χ0v) is 8.46. The Morgan fingerprint density at radius 3 is 3.00 bits per heavy atom. The molecule has 1 aromatic heterocycles. The molecule has 0 spiro atoms. The van der Waals surface area contributed by atoms with Crippen molar-refractivity contribution in [3.8, 4) is 0 Å². The molecule has 0 fully saturated rings. The SMILES string of the molecule is O=C(O)c1cc(SCCCF)cs1. The lowest BCUT2D eigenvalue weighted by molar-refractivity contribution is 0.0702. The Labute approximate surface area is 83.8 Å². The van der Waals surface area contributed by atoms with Gasteiger partial charge in [0.15, 0.2) is 0 Å². The van der Waals surface area contributed by atoms with Crippen molar-refractivity contribution in [2.75, 3.05) is 12.4 Å². The van der Waals surface area contributed by atoms with Crippen molar-refractivity contribution in [2.45, 2.75) is 11.3 Å². The molecule has 0 saturated heterocycles. The van der Waals surface area contributed by atoms with Gasteiger partial charge in [0.05, 0.1) is 6.67 Å². The molecule has 13 heavy (non-hydrogen) atoms. The first-order valence-electron chi connectivity index (χ1n) is 3.74. The maximum Gasteiger partial charge on any atom is 0.345 e. The molecule has 1 aromatic rings. The number of carboxylic acid groups (broad SMARTS) is 1. The lowest BCUT2D eigenvalue weighted by atomic mass is 10.5. The third kappa shape index (κ3) is 3.36. The van der Waals surface area contributed by atoms with Gasteiger partial charge in [-0.2, -0.15) is 0 Å². The molecule has 0 atom stereocenters. The number of hydrogen-bond donors (Lipinski definition) is 1. The Hall–Kier alpha value is -0.550. The number of alkyl halides is 1. The fourth-order valence-corrected chi connectivity index (χ4v) is 2.54. The van der Waals surface area contributed by atoms with E-state index in [1.165, 1.54) is 23.1 Å². The zero-order chi connectivity index (χ0) is 9.68. The molecule has 1 heterocycles.